The third-order valence-corrected chi connectivity index (χ3v) is 3.85. The van der Waals surface area contributed by atoms with Crippen LogP contribution in [0, 0.1) is 6.92 Å². The van der Waals surface area contributed by atoms with Crippen molar-refractivity contribution in [1.29, 1.82) is 0 Å². The van der Waals surface area contributed by atoms with Crippen LogP contribution in [-0.4, -0.2) is 0 Å². The largest absolute Gasteiger partial charge is 0.398 e. The first-order valence-electron chi connectivity index (χ1n) is 5.36. The molecule has 3 heteroatoms. The van der Waals surface area contributed by atoms with Crippen LogP contribution < -0.4 is 5.73 Å². The number of nitrogen functional groups attached to an aromatic ring is 1. The standard InChI is InChI=1S/C14H13BrClN/c1-9-11(7-12(16)8-14(9)17)6-10-4-2-3-5-13(10)15/h2-5,7-8H,6,17H2,1H3. The molecule has 0 aliphatic heterocycles. The molecule has 2 aromatic carbocycles. The Labute approximate surface area is 115 Å². The molecule has 2 rings (SSSR count). The fraction of sp³-hybridized carbons (Fsp3) is 0.143. The SMILES string of the molecule is Cc1c(N)cc(Cl)cc1Cc1ccccc1Br. The van der Waals surface area contributed by atoms with Crippen molar-refractivity contribution in [3.05, 3.63) is 62.6 Å². The Bertz CT molecular complexity index is 552. The Morgan fingerprint density at radius 2 is 1.88 bits per heavy atom. The van der Waals surface area contributed by atoms with Crippen LogP contribution in [0.1, 0.15) is 16.7 Å². The van der Waals surface area contributed by atoms with E-state index in [1.165, 1.54) is 11.1 Å². The fourth-order valence-electron chi connectivity index (χ4n) is 1.79. The molecule has 0 aliphatic carbocycles. The maximum Gasteiger partial charge on any atom is 0.0429 e. The zero-order valence-corrected chi connectivity index (χ0v) is 11.8. The van der Waals surface area contributed by atoms with Crippen molar-refractivity contribution in [3.63, 3.8) is 0 Å². The summed E-state index contributed by atoms with van der Waals surface area (Å²) in [4.78, 5) is 0. The first kappa shape index (κ1) is 12.5. The number of hydrogen-bond acceptors (Lipinski definition) is 1. The Hall–Kier alpha value is -0.990. The molecule has 0 spiro atoms. The summed E-state index contributed by atoms with van der Waals surface area (Å²) in [5, 5.41) is 0.690. The Morgan fingerprint density at radius 1 is 1.18 bits per heavy atom. The Kier molecular flexibility index (Phi) is 3.75. The molecule has 2 aromatic rings. The van der Waals surface area contributed by atoms with Crippen molar-refractivity contribution in [1.82, 2.24) is 0 Å². The summed E-state index contributed by atoms with van der Waals surface area (Å²) < 4.78 is 1.11. The van der Waals surface area contributed by atoms with Crippen molar-refractivity contribution in [3.8, 4) is 0 Å². The van der Waals surface area contributed by atoms with Crippen LogP contribution in [-0.2, 0) is 6.42 Å². The quantitative estimate of drug-likeness (QED) is 0.807. The molecule has 88 valence electrons. The van der Waals surface area contributed by atoms with Crippen molar-refractivity contribution < 1.29 is 0 Å². The lowest BCUT2D eigenvalue weighted by atomic mass is 9.99. The lowest BCUT2D eigenvalue weighted by molar-refractivity contribution is 1.15. The third kappa shape index (κ3) is 2.82. The number of nitrogens with two attached hydrogens (primary N) is 1. The molecular formula is C14H13BrClN. The third-order valence-electron chi connectivity index (χ3n) is 2.86. The predicted molar refractivity (Wildman–Crippen MR) is 77.5 cm³/mol. The van der Waals surface area contributed by atoms with E-state index < -0.39 is 0 Å². The summed E-state index contributed by atoms with van der Waals surface area (Å²) in [5.74, 6) is 0. The fourth-order valence-corrected chi connectivity index (χ4v) is 2.46. The number of hydrogen-bond donors (Lipinski definition) is 1. The topological polar surface area (TPSA) is 26.0 Å². The highest BCUT2D eigenvalue weighted by Crippen LogP contribution is 2.26. The monoisotopic (exact) mass is 309 g/mol. The van der Waals surface area contributed by atoms with E-state index in [1.807, 2.05) is 31.2 Å². The van der Waals surface area contributed by atoms with Gasteiger partial charge in [0.1, 0.15) is 0 Å². The molecule has 0 unspecified atom stereocenters. The summed E-state index contributed by atoms with van der Waals surface area (Å²) in [6.07, 6.45) is 0.831. The van der Waals surface area contributed by atoms with E-state index in [9.17, 15) is 0 Å². The van der Waals surface area contributed by atoms with Crippen molar-refractivity contribution in [2.24, 2.45) is 0 Å². The van der Waals surface area contributed by atoms with Gasteiger partial charge in [-0.15, -0.1) is 0 Å². The first-order valence-corrected chi connectivity index (χ1v) is 6.53. The zero-order valence-electron chi connectivity index (χ0n) is 9.50. The molecule has 0 saturated heterocycles. The normalized spacial score (nSPS) is 10.5. The van der Waals surface area contributed by atoms with Crippen molar-refractivity contribution >= 4 is 33.2 Å². The van der Waals surface area contributed by atoms with Gasteiger partial charge in [-0.2, -0.15) is 0 Å². The molecule has 0 aliphatic rings. The van der Waals surface area contributed by atoms with Gasteiger partial charge in [-0.3, -0.25) is 0 Å². The second-order valence-corrected chi connectivity index (χ2v) is 5.34. The molecule has 0 amide bonds. The van der Waals surface area contributed by atoms with Crippen LogP contribution in [0.4, 0.5) is 5.69 Å². The van der Waals surface area contributed by atoms with Crippen LogP contribution in [0.2, 0.25) is 5.02 Å². The van der Waals surface area contributed by atoms with Crippen LogP contribution in [0.25, 0.3) is 0 Å². The second-order valence-electron chi connectivity index (χ2n) is 4.05. The van der Waals surface area contributed by atoms with Gasteiger partial charge in [0.25, 0.3) is 0 Å². The minimum Gasteiger partial charge on any atom is -0.398 e. The highest BCUT2D eigenvalue weighted by molar-refractivity contribution is 9.10. The number of benzene rings is 2. The van der Waals surface area contributed by atoms with Gasteiger partial charge in [-0.05, 0) is 48.2 Å². The maximum atomic E-state index is 6.04. The average Bonchev–Trinajstić information content (AvgIpc) is 2.28. The Morgan fingerprint density at radius 3 is 2.59 bits per heavy atom. The number of halogens is 2. The van der Waals surface area contributed by atoms with E-state index in [1.54, 1.807) is 6.07 Å². The minimum atomic E-state index is 0.690. The first-order chi connectivity index (χ1) is 8.08. The molecule has 2 N–H and O–H groups in total. The Balaban J connectivity index is 2.40. The zero-order chi connectivity index (χ0) is 12.4. The second kappa shape index (κ2) is 5.11. The van der Waals surface area contributed by atoms with Gasteiger partial charge in [-0.25, -0.2) is 0 Å². The van der Waals surface area contributed by atoms with Gasteiger partial charge in [0.15, 0.2) is 0 Å². The molecular weight excluding hydrogens is 298 g/mol. The molecule has 0 heterocycles. The van der Waals surface area contributed by atoms with E-state index in [4.69, 9.17) is 17.3 Å². The average molecular weight is 311 g/mol. The van der Waals surface area contributed by atoms with Gasteiger partial charge in [0.2, 0.25) is 0 Å². The lowest BCUT2D eigenvalue weighted by Crippen LogP contribution is -1.97. The van der Waals surface area contributed by atoms with Crippen LogP contribution >= 0.6 is 27.5 Å². The van der Waals surface area contributed by atoms with E-state index in [0.717, 1.165) is 22.1 Å². The molecule has 1 nitrogen and oxygen atoms in total. The van der Waals surface area contributed by atoms with Gasteiger partial charge in [0, 0.05) is 15.2 Å². The molecule has 17 heavy (non-hydrogen) atoms. The minimum absolute atomic E-state index is 0.690. The van der Waals surface area contributed by atoms with Crippen molar-refractivity contribution in [2.45, 2.75) is 13.3 Å². The van der Waals surface area contributed by atoms with E-state index >= 15 is 0 Å². The lowest BCUT2D eigenvalue weighted by Gasteiger charge is -2.10. The molecule has 0 radical (unpaired) electrons. The summed E-state index contributed by atoms with van der Waals surface area (Å²) in [6.45, 7) is 2.03. The smallest absolute Gasteiger partial charge is 0.0429 e. The van der Waals surface area contributed by atoms with E-state index in [-0.39, 0.29) is 0 Å². The molecule has 0 atom stereocenters. The molecule has 0 aromatic heterocycles. The number of anilines is 1. The summed E-state index contributed by atoms with van der Waals surface area (Å²) in [5.41, 5.74) is 10.2. The van der Waals surface area contributed by atoms with E-state index in [2.05, 4.69) is 22.0 Å². The highest BCUT2D eigenvalue weighted by Gasteiger charge is 2.07. The number of rotatable bonds is 2. The van der Waals surface area contributed by atoms with Gasteiger partial charge in [-0.1, -0.05) is 45.7 Å². The van der Waals surface area contributed by atoms with Crippen LogP contribution in [0.15, 0.2) is 40.9 Å². The summed E-state index contributed by atoms with van der Waals surface area (Å²) in [7, 11) is 0. The summed E-state index contributed by atoms with van der Waals surface area (Å²) in [6, 6.07) is 11.9. The molecule has 0 saturated carbocycles. The van der Waals surface area contributed by atoms with Gasteiger partial charge >= 0.3 is 0 Å². The maximum absolute atomic E-state index is 6.04. The van der Waals surface area contributed by atoms with E-state index in [0.29, 0.717) is 5.02 Å². The van der Waals surface area contributed by atoms with Crippen LogP contribution in [0.3, 0.4) is 0 Å². The van der Waals surface area contributed by atoms with Crippen molar-refractivity contribution in [2.75, 3.05) is 5.73 Å². The highest BCUT2D eigenvalue weighted by atomic mass is 79.9. The van der Waals surface area contributed by atoms with Gasteiger partial charge in [0.05, 0.1) is 0 Å². The predicted octanol–water partition coefficient (Wildman–Crippen LogP) is 4.58. The molecule has 0 bridgehead atoms. The summed E-state index contributed by atoms with van der Waals surface area (Å²) >= 11 is 9.59. The van der Waals surface area contributed by atoms with Crippen LogP contribution in [0.5, 0.6) is 0 Å². The van der Waals surface area contributed by atoms with Gasteiger partial charge < -0.3 is 5.73 Å². The molecule has 0 fully saturated rings.